The number of aliphatic hydroxyl groups is 2. The summed E-state index contributed by atoms with van der Waals surface area (Å²) >= 11 is 0. The van der Waals surface area contributed by atoms with Gasteiger partial charge < -0.3 is 25.2 Å². The van der Waals surface area contributed by atoms with Gasteiger partial charge in [0.1, 0.15) is 0 Å². The molecule has 0 aliphatic rings. The molecule has 0 saturated carbocycles. The molecule has 1 aromatic rings. The first kappa shape index (κ1) is 21.6. The van der Waals surface area contributed by atoms with Crippen LogP contribution in [0, 0.1) is 5.41 Å². The van der Waals surface area contributed by atoms with Crippen molar-refractivity contribution in [3.8, 4) is 0 Å². The minimum Gasteiger partial charge on any atom is -0.478 e. The third-order valence-electron chi connectivity index (χ3n) is 2.45. The Morgan fingerprint density at radius 1 is 0.958 bits per heavy atom. The molecule has 1 aromatic carbocycles. The van der Waals surface area contributed by atoms with Gasteiger partial charge in [-0.2, -0.15) is 0 Å². The zero-order valence-corrected chi connectivity index (χ0v) is 13.8. The maximum atomic E-state index is 11.9. The average Bonchev–Trinajstić information content (AvgIpc) is 2.51. The van der Waals surface area contributed by atoms with Gasteiger partial charge in [0.05, 0.1) is 36.5 Å². The number of carboxylic acids is 2. The molecule has 8 heteroatoms. The fraction of sp³-hybridized carbons (Fsp3) is 0.438. The molecule has 0 aliphatic heterocycles. The highest BCUT2D eigenvalue weighted by molar-refractivity contribution is 6.04. The van der Waals surface area contributed by atoms with Gasteiger partial charge in [-0.3, -0.25) is 0 Å². The second-order valence-electron chi connectivity index (χ2n) is 5.95. The quantitative estimate of drug-likeness (QED) is 0.586. The number of hydrogen-bond acceptors (Lipinski definition) is 6. The van der Waals surface area contributed by atoms with Gasteiger partial charge in [0, 0.05) is 0 Å². The first-order valence-electron chi connectivity index (χ1n) is 7.03. The van der Waals surface area contributed by atoms with Crippen molar-refractivity contribution in [2.45, 2.75) is 20.8 Å². The van der Waals surface area contributed by atoms with Crippen LogP contribution in [-0.4, -0.2) is 58.2 Å². The van der Waals surface area contributed by atoms with Crippen LogP contribution in [0.25, 0.3) is 0 Å². The van der Waals surface area contributed by atoms with E-state index in [0.29, 0.717) is 0 Å². The number of esters is 1. The van der Waals surface area contributed by atoms with Crippen molar-refractivity contribution < 1.29 is 39.5 Å². The zero-order chi connectivity index (χ0) is 18.9. The Morgan fingerprint density at radius 2 is 1.50 bits per heavy atom. The molecule has 8 nitrogen and oxygen atoms in total. The lowest BCUT2D eigenvalue weighted by molar-refractivity contribution is 0.0361. The molecule has 0 aromatic heterocycles. The van der Waals surface area contributed by atoms with Gasteiger partial charge in [-0.1, -0.05) is 20.8 Å². The lowest BCUT2D eigenvalue weighted by Gasteiger charge is -2.18. The molecule has 1 rings (SSSR count). The third kappa shape index (κ3) is 7.70. The van der Waals surface area contributed by atoms with E-state index in [-0.39, 0.29) is 41.9 Å². The van der Waals surface area contributed by atoms with Crippen LogP contribution >= 0.6 is 0 Å². The lowest BCUT2D eigenvalue weighted by atomic mass is 9.98. The minimum atomic E-state index is -1.32. The standard InChI is InChI=1S/C14H16O6.C2H6O2/c1-14(2,3)7-20-13(19)10-6-8(11(15)16)4-5-9(10)12(17)18;3-1-2-4/h4-6H,7H2,1-3H3,(H,15,16)(H,17,18);3-4H,1-2H2. The number of carbonyl (C=O) groups excluding carboxylic acids is 1. The van der Waals surface area contributed by atoms with E-state index in [1.807, 2.05) is 20.8 Å². The fourth-order valence-corrected chi connectivity index (χ4v) is 1.39. The van der Waals surface area contributed by atoms with Gasteiger partial charge in [0.25, 0.3) is 0 Å². The van der Waals surface area contributed by atoms with E-state index in [0.717, 1.165) is 18.2 Å². The summed E-state index contributed by atoms with van der Waals surface area (Å²) in [5.41, 5.74) is -0.989. The van der Waals surface area contributed by atoms with E-state index in [4.69, 9.17) is 25.2 Å². The maximum absolute atomic E-state index is 11.9. The van der Waals surface area contributed by atoms with E-state index >= 15 is 0 Å². The van der Waals surface area contributed by atoms with Gasteiger partial charge in [-0.25, -0.2) is 14.4 Å². The topological polar surface area (TPSA) is 141 Å². The van der Waals surface area contributed by atoms with Crippen molar-refractivity contribution in [1.82, 2.24) is 0 Å². The van der Waals surface area contributed by atoms with Crippen LogP contribution < -0.4 is 0 Å². The van der Waals surface area contributed by atoms with E-state index in [2.05, 4.69) is 0 Å². The van der Waals surface area contributed by atoms with Gasteiger partial charge in [0.15, 0.2) is 0 Å². The first-order valence-corrected chi connectivity index (χ1v) is 7.03. The molecule has 24 heavy (non-hydrogen) atoms. The van der Waals surface area contributed by atoms with Crippen LogP contribution in [-0.2, 0) is 4.74 Å². The molecule has 4 N–H and O–H groups in total. The highest BCUT2D eigenvalue weighted by Crippen LogP contribution is 2.17. The molecule has 0 spiro atoms. The normalized spacial score (nSPS) is 10.4. The van der Waals surface area contributed by atoms with Crippen LogP contribution in [0.2, 0.25) is 0 Å². The summed E-state index contributed by atoms with van der Waals surface area (Å²) in [6.45, 7) is 5.41. The van der Waals surface area contributed by atoms with Crippen LogP contribution in [0.4, 0.5) is 0 Å². The number of carbonyl (C=O) groups is 3. The Balaban J connectivity index is 0.00000118. The van der Waals surface area contributed by atoms with Crippen LogP contribution in [0.1, 0.15) is 51.8 Å². The zero-order valence-electron chi connectivity index (χ0n) is 13.8. The summed E-state index contributed by atoms with van der Waals surface area (Å²) in [5, 5.41) is 33.1. The Hall–Kier alpha value is -2.45. The van der Waals surface area contributed by atoms with Crippen molar-refractivity contribution in [3.63, 3.8) is 0 Å². The van der Waals surface area contributed by atoms with Crippen LogP contribution in [0.5, 0.6) is 0 Å². The molecule has 134 valence electrons. The Morgan fingerprint density at radius 3 is 1.88 bits per heavy atom. The molecule has 0 unspecified atom stereocenters. The van der Waals surface area contributed by atoms with Crippen molar-refractivity contribution in [1.29, 1.82) is 0 Å². The lowest BCUT2D eigenvalue weighted by Crippen LogP contribution is -2.20. The molecule has 0 saturated heterocycles. The van der Waals surface area contributed by atoms with Gasteiger partial charge in [-0.15, -0.1) is 0 Å². The van der Waals surface area contributed by atoms with E-state index in [9.17, 15) is 14.4 Å². The van der Waals surface area contributed by atoms with Crippen LogP contribution in [0.15, 0.2) is 18.2 Å². The number of carboxylic acid groups (broad SMARTS) is 2. The number of ether oxygens (including phenoxy) is 1. The predicted octanol–water partition coefficient (Wildman–Crippen LogP) is 1.26. The number of benzene rings is 1. The first-order chi connectivity index (χ1) is 11.0. The smallest absolute Gasteiger partial charge is 0.339 e. The third-order valence-corrected chi connectivity index (χ3v) is 2.45. The molecule has 0 atom stereocenters. The number of rotatable bonds is 5. The molecule has 0 aliphatic carbocycles. The second-order valence-corrected chi connectivity index (χ2v) is 5.95. The molecular weight excluding hydrogens is 320 g/mol. The monoisotopic (exact) mass is 342 g/mol. The van der Waals surface area contributed by atoms with Gasteiger partial charge in [-0.05, 0) is 23.6 Å². The molecule has 0 bridgehead atoms. The number of hydrogen-bond donors (Lipinski definition) is 4. The molecular formula is C16H22O8. The Labute approximate surface area is 139 Å². The Kier molecular flexibility index (Phi) is 8.65. The highest BCUT2D eigenvalue weighted by Gasteiger charge is 2.22. The summed E-state index contributed by atoms with van der Waals surface area (Å²) in [6, 6.07) is 3.22. The van der Waals surface area contributed by atoms with Gasteiger partial charge in [0.2, 0.25) is 0 Å². The maximum Gasteiger partial charge on any atom is 0.339 e. The van der Waals surface area contributed by atoms with E-state index < -0.39 is 17.9 Å². The van der Waals surface area contributed by atoms with Crippen molar-refractivity contribution in [2.24, 2.45) is 5.41 Å². The summed E-state index contributed by atoms with van der Waals surface area (Å²) in [4.78, 5) is 33.8. The van der Waals surface area contributed by atoms with Crippen LogP contribution in [0.3, 0.4) is 0 Å². The molecule has 0 fully saturated rings. The second kappa shape index (κ2) is 9.64. The molecule has 0 amide bonds. The fourth-order valence-electron chi connectivity index (χ4n) is 1.39. The van der Waals surface area contributed by atoms with Crippen molar-refractivity contribution in [2.75, 3.05) is 19.8 Å². The van der Waals surface area contributed by atoms with Gasteiger partial charge >= 0.3 is 17.9 Å². The van der Waals surface area contributed by atoms with E-state index in [1.54, 1.807) is 0 Å². The summed E-state index contributed by atoms with van der Waals surface area (Å²) in [5.74, 6) is -3.41. The predicted molar refractivity (Wildman–Crippen MR) is 84.3 cm³/mol. The highest BCUT2D eigenvalue weighted by atomic mass is 16.5. The molecule has 0 heterocycles. The van der Waals surface area contributed by atoms with E-state index in [1.165, 1.54) is 0 Å². The average molecular weight is 342 g/mol. The minimum absolute atomic E-state index is 0.0994. The summed E-state index contributed by atoms with van der Waals surface area (Å²) in [7, 11) is 0. The summed E-state index contributed by atoms with van der Waals surface area (Å²) in [6.07, 6.45) is 0. The number of aliphatic hydroxyl groups excluding tert-OH is 2. The molecule has 0 radical (unpaired) electrons. The Bertz CT molecular complexity index is 584. The SMILES string of the molecule is CC(C)(C)COC(=O)c1cc(C(=O)O)ccc1C(=O)O.OCCO. The number of aromatic carboxylic acids is 2. The largest absolute Gasteiger partial charge is 0.478 e. The van der Waals surface area contributed by atoms with Crippen molar-refractivity contribution in [3.05, 3.63) is 34.9 Å². The van der Waals surface area contributed by atoms with Crippen molar-refractivity contribution >= 4 is 17.9 Å². The summed E-state index contributed by atoms with van der Waals surface area (Å²) < 4.78 is 5.02.